The Labute approximate surface area is 94.3 Å². The number of nitrogens with zero attached hydrogens (tertiary/aromatic N) is 2. The van der Waals surface area contributed by atoms with E-state index in [0.29, 0.717) is 18.1 Å². The van der Waals surface area contributed by atoms with Crippen molar-refractivity contribution in [2.24, 2.45) is 0 Å². The Hall–Kier alpha value is -1.42. The minimum Gasteiger partial charge on any atom is -0.314 e. The van der Waals surface area contributed by atoms with Gasteiger partial charge in [0, 0.05) is 12.7 Å². The first-order valence-corrected chi connectivity index (χ1v) is 5.43. The average molecular weight is 221 g/mol. The minimum absolute atomic E-state index is 0.256. The lowest BCUT2D eigenvalue weighted by Crippen LogP contribution is -2.08. The van der Waals surface area contributed by atoms with Crippen LogP contribution in [0.3, 0.4) is 0 Å². The van der Waals surface area contributed by atoms with Crippen LogP contribution < -0.4 is 5.32 Å². The van der Waals surface area contributed by atoms with Gasteiger partial charge in [0.2, 0.25) is 0 Å². The summed E-state index contributed by atoms with van der Waals surface area (Å²) < 4.78 is 15.6. The first-order chi connectivity index (χ1) is 7.63. The van der Waals surface area contributed by atoms with Gasteiger partial charge in [0.15, 0.2) is 11.5 Å². The zero-order valence-corrected chi connectivity index (χ0v) is 9.79. The van der Waals surface area contributed by atoms with Gasteiger partial charge in [0.1, 0.15) is 0 Å². The van der Waals surface area contributed by atoms with Crippen LogP contribution >= 0.6 is 0 Å². The van der Waals surface area contributed by atoms with Crippen molar-refractivity contribution in [3.05, 3.63) is 35.5 Å². The fourth-order valence-corrected chi connectivity index (χ4v) is 1.74. The van der Waals surface area contributed by atoms with Crippen LogP contribution in [0.5, 0.6) is 0 Å². The van der Waals surface area contributed by atoms with Crippen molar-refractivity contribution in [2.45, 2.75) is 26.3 Å². The molecular formula is C12H16FN3. The van der Waals surface area contributed by atoms with Gasteiger partial charge in [-0.25, -0.2) is 9.37 Å². The summed E-state index contributed by atoms with van der Waals surface area (Å²) in [6, 6.07) is 1.57. The lowest BCUT2D eigenvalue weighted by atomic mass is 10.1. The van der Waals surface area contributed by atoms with E-state index in [2.05, 4.69) is 24.1 Å². The molecule has 0 aliphatic carbocycles. The normalized spacial score (nSPS) is 11.6. The minimum atomic E-state index is -0.256. The molecular weight excluding hydrogens is 205 g/mol. The van der Waals surface area contributed by atoms with Gasteiger partial charge in [-0.05, 0) is 24.6 Å². The van der Waals surface area contributed by atoms with Gasteiger partial charge < -0.3 is 9.72 Å². The topological polar surface area (TPSA) is 29.3 Å². The van der Waals surface area contributed by atoms with Crippen LogP contribution in [0.15, 0.2) is 18.5 Å². The molecule has 0 spiro atoms. The largest absolute Gasteiger partial charge is 0.314 e. The Kier molecular flexibility index (Phi) is 2.92. The maximum absolute atomic E-state index is 13.8. The third kappa shape index (κ3) is 1.80. The number of nitrogens with one attached hydrogen (secondary N) is 1. The van der Waals surface area contributed by atoms with Crippen molar-refractivity contribution in [1.82, 2.24) is 14.7 Å². The first kappa shape index (κ1) is 11.1. The first-order valence-electron chi connectivity index (χ1n) is 5.43. The summed E-state index contributed by atoms with van der Waals surface area (Å²) >= 11 is 0. The van der Waals surface area contributed by atoms with Crippen molar-refractivity contribution in [3.63, 3.8) is 0 Å². The van der Waals surface area contributed by atoms with E-state index in [1.165, 1.54) is 0 Å². The highest BCUT2D eigenvalue weighted by atomic mass is 19.1. The van der Waals surface area contributed by atoms with Gasteiger partial charge in [-0.15, -0.1) is 0 Å². The Morgan fingerprint density at radius 3 is 2.88 bits per heavy atom. The van der Waals surface area contributed by atoms with Crippen molar-refractivity contribution in [3.8, 4) is 0 Å². The van der Waals surface area contributed by atoms with E-state index < -0.39 is 0 Å². The van der Waals surface area contributed by atoms with E-state index in [1.54, 1.807) is 12.3 Å². The molecule has 0 aliphatic heterocycles. The Bertz CT molecular complexity index is 502. The van der Waals surface area contributed by atoms with Gasteiger partial charge in [0.25, 0.3) is 0 Å². The highest BCUT2D eigenvalue weighted by Crippen LogP contribution is 2.19. The number of halogens is 1. The number of imidazole rings is 1. The highest BCUT2D eigenvalue weighted by molar-refractivity contribution is 5.44. The molecule has 0 saturated heterocycles. The molecule has 2 rings (SSSR count). The zero-order valence-electron chi connectivity index (χ0n) is 9.79. The number of hydrogen-bond acceptors (Lipinski definition) is 2. The molecule has 2 aromatic rings. The standard InChI is InChI=1S/C12H16FN3/c1-8(2)9-4-11(13)12-15-6-10(5-14-3)16(12)7-9/h4,6-8,14H,5H2,1-3H3. The zero-order chi connectivity index (χ0) is 11.7. The van der Waals surface area contributed by atoms with Crippen LogP contribution in [0, 0.1) is 5.82 Å². The van der Waals surface area contributed by atoms with Crippen LogP contribution in [-0.2, 0) is 6.54 Å². The average Bonchev–Trinajstić information content (AvgIpc) is 2.63. The van der Waals surface area contributed by atoms with E-state index in [1.807, 2.05) is 17.6 Å². The van der Waals surface area contributed by atoms with Gasteiger partial charge in [-0.1, -0.05) is 13.8 Å². The summed E-state index contributed by atoms with van der Waals surface area (Å²) in [5, 5.41) is 3.05. The molecule has 2 aromatic heterocycles. The highest BCUT2D eigenvalue weighted by Gasteiger charge is 2.10. The van der Waals surface area contributed by atoms with Crippen molar-refractivity contribution in [1.29, 1.82) is 0 Å². The molecule has 0 bridgehead atoms. The summed E-state index contributed by atoms with van der Waals surface area (Å²) in [7, 11) is 1.86. The molecule has 0 unspecified atom stereocenters. The molecule has 16 heavy (non-hydrogen) atoms. The summed E-state index contributed by atoms with van der Waals surface area (Å²) in [6.07, 6.45) is 3.67. The predicted molar refractivity (Wildman–Crippen MR) is 62.0 cm³/mol. The lowest BCUT2D eigenvalue weighted by Gasteiger charge is -2.08. The van der Waals surface area contributed by atoms with Gasteiger partial charge >= 0.3 is 0 Å². The summed E-state index contributed by atoms with van der Waals surface area (Å²) in [6.45, 7) is 4.78. The quantitative estimate of drug-likeness (QED) is 0.861. The van der Waals surface area contributed by atoms with E-state index >= 15 is 0 Å². The second kappa shape index (κ2) is 4.22. The number of pyridine rings is 1. The second-order valence-electron chi connectivity index (χ2n) is 4.25. The number of hydrogen-bond donors (Lipinski definition) is 1. The predicted octanol–water partition coefficient (Wildman–Crippen LogP) is 2.32. The van der Waals surface area contributed by atoms with Crippen molar-refractivity contribution in [2.75, 3.05) is 7.05 Å². The van der Waals surface area contributed by atoms with Gasteiger partial charge in [0.05, 0.1) is 11.9 Å². The fourth-order valence-electron chi connectivity index (χ4n) is 1.74. The van der Waals surface area contributed by atoms with Crippen LogP contribution in [0.25, 0.3) is 5.65 Å². The SMILES string of the molecule is CNCc1cnc2c(F)cc(C(C)C)cn12. The number of rotatable bonds is 3. The van der Waals surface area contributed by atoms with Gasteiger partial charge in [-0.3, -0.25) is 0 Å². The molecule has 0 aromatic carbocycles. The molecule has 86 valence electrons. The summed E-state index contributed by atoms with van der Waals surface area (Å²) in [5.41, 5.74) is 2.36. The van der Waals surface area contributed by atoms with Crippen LogP contribution in [-0.4, -0.2) is 16.4 Å². The molecule has 4 heteroatoms. The molecule has 0 fully saturated rings. The lowest BCUT2D eigenvalue weighted by molar-refractivity contribution is 0.622. The Balaban J connectivity index is 2.61. The molecule has 0 amide bonds. The monoisotopic (exact) mass is 221 g/mol. The summed E-state index contributed by atoms with van der Waals surface area (Å²) in [4.78, 5) is 4.09. The van der Waals surface area contributed by atoms with E-state index in [9.17, 15) is 4.39 Å². The molecule has 0 atom stereocenters. The molecule has 0 saturated carbocycles. The molecule has 2 heterocycles. The molecule has 1 N–H and O–H groups in total. The molecule has 0 radical (unpaired) electrons. The van der Waals surface area contributed by atoms with Gasteiger partial charge in [-0.2, -0.15) is 0 Å². The number of fused-ring (bicyclic) bond motifs is 1. The number of aromatic nitrogens is 2. The third-order valence-electron chi connectivity index (χ3n) is 2.68. The Morgan fingerprint density at radius 1 is 1.50 bits per heavy atom. The van der Waals surface area contributed by atoms with Crippen LogP contribution in [0.4, 0.5) is 4.39 Å². The van der Waals surface area contributed by atoms with E-state index in [4.69, 9.17) is 0 Å². The third-order valence-corrected chi connectivity index (χ3v) is 2.68. The Morgan fingerprint density at radius 2 is 2.25 bits per heavy atom. The van der Waals surface area contributed by atoms with Crippen LogP contribution in [0.1, 0.15) is 31.0 Å². The van der Waals surface area contributed by atoms with E-state index in [0.717, 1.165) is 11.3 Å². The molecule has 0 aliphatic rings. The maximum Gasteiger partial charge on any atom is 0.173 e. The second-order valence-corrected chi connectivity index (χ2v) is 4.25. The molecule has 3 nitrogen and oxygen atoms in total. The van der Waals surface area contributed by atoms with Crippen molar-refractivity contribution >= 4 is 5.65 Å². The fraction of sp³-hybridized carbons (Fsp3) is 0.417. The summed E-state index contributed by atoms with van der Waals surface area (Å²) in [5.74, 6) is 0.0530. The maximum atomic E-state index is 13.8. The smallest absolute Gasteiger partial charge is 0.173 e. The van der Waals surface area contributed by atoms with Crippen molar-refractivity contribution < 1.29 is 4.39 Å². The van der Waals surface area contributed by atoms with Crippen LogP contribution in [0.2, 0.25) is 0 Å². The van der Waals surface area contributed by atoms with E-state index in [-0.39, 0.29) is 5.82 Å².